The molecule has 16 heavy (non-hydrogen) atoms. The van der Waals surface area contributed by atoms with Gasteiger partial charge in [0.25, 0.3) is 0 Å². The van der Waals surface area contributed by atoms with Crippen LogP contribution in [-0.2, 0) is 17.1 Å². The summed E-state index contributed by atoms with van der Waals surface area (Å²) < 4.78 is 25.1. The number of nitrogens with zero attached hydrogens (tertiary/aromatic N) is 4. The van der Waals surface area contributed by atoms with E-state index in [1.165, 1.54) is 21.4 Å². The van der Waals surface area contributed by atoms with Gasteiger partial charge < -0.3 is 5.11 Å². The predicted octanol–water partition coefficient (Wildman–Crippen LogP) is -1.26. The van der Waals surface area contributed by atoms with Crippen molar-refractivity contribution in [3.63, 3.8) is 0 Å². The third kappa shape index (κ3) is 1.95. The first-order valence-corrected chi connectivity index (χ1v) is 6.72. The molecule has 0 aliphatic carbocycles. The molecule has 2 rings (SSSR count). The highest BCUT2D eigenvalue weighted by Gasteiger charge is 2.38. The predicted molar refractivity (Wildman–Crippen MR) is 55.9 cm³/mol. The normalized spacial score (nSPS) is 20.7. The largest absolute Gasteiger partial charge is 0.386 e. The van der Waals surface area contributed by atoms with Gasteiger partial charge in [0.1, 0.15) is 6.10 Å². The third-order valence-electron chi connectivity index (χ3n) is 2.84. The van der Waals surface area contributed by atoms with Crippen molar-refractivity contribution in [1.29, 1.82) is 0 Å². The number of rotatable bonds is 3. The molecule has 2 heterocycles. The Labute approximate surface area is 93.7 Å². The molecule has 1 aromatic heterocycles. The van der Waals surface area contributed by atoms with E-state index in [9.17, 15) is 13.5 Å². The molecule has 1 saturated heterocycles. The number of hydrogen-bond acceptors (Lipinski definition) is 5. The fourth-order valence-electron chi connectivity index (χ4n) is 1.75. The molecule has 8 heteroatoms. The zero-order chi connectivity index (χ0) is 11.9. The van der Waals surface area contributed by atoms with Crippen molar-refractivity contribution in [1.82, 2.24) is 19.3 Å². The van der Waals surface area contributed by atoms with Crippen LogP contribution in [0.5, 0.6) is 0 Å². The summed E-state index contributed by atoms with van der Waals surface area (Å²) in [5.74, 6) is -0.0769. The lowest BCUT2D eigenvalue weighted by Crippen LogP contribution is -2.51. The van der Waals surface area contributed by atoms with Gasteiger partial charge in [-0.3, -0.25) is 0 Å². The van der Waals surface area contributed by atoms with Crippen LogP contribution >= 0.6 is 0 Å². The summed E-state index contributed by atoms with van der Waals surface area (Å²) in [4.78, 5) is 0. The standard InChI is InChI=1S/C8H14N4O3S/c1-11-7(3-9-10-11)8(13)6-4-12(5-6)16(2,14)15/h3,6,8,13H,4-5H2,1-2H3. The summed E-state index contributed by atoms with van der Waals surface area (Å²) in [6.07, 6.45) is 1.95. The van der Waals surface area contributed by atoms with Crippen LogP contribution in [0.2, 0.25) is 0 Å². The van der Waals surface area contributed by atoms with E-state index in [1.807, 2.05) is 0 Å². The van der Waals surface area contributed by atoms with E-state index in [4.69, 9.17) is 0 Å². The van der Waals surface area contributed by atoms with Crippen LogP contribution in [0.15, 0.2) is 6.20 Å². The lowest BCUT2D eigenvalue weighted by atomic mass is 9.94. The summed E-state index contributed by atoms with van der Waals surface area (Å²) in [5, 5.41) is 17.4. The monoisotopic (exact) mass is 246 g/mol. The van der Waals surface area contributed by atoms with Crippen LogP contribution in [0.3, 0.4) is 0 Å². The first-order chi connectivity index (χ1) is 7.39. The summed E-state index contributed by atoms with van der Waals surface area (Å²) in [6.45, 7) is 0.705. The highest BCUT2D eigenvalue weighted by atomic mass is 32.2. The molecule has 0 saturated carbocycles. The Morgan fingerprint density at radius 1 is 1.56 bits per heavy atom. The number of aliphatic hydroxyl groups excluding tert-OH is 1. The number of sulfonamides is 1. The second-order valence-corrected chi connectivity index (χ2v) is 6.05. The van der Waals surface area contributed by atoms with Crippen molar-refractivity contribution < 1.29 is 13.5 Å². The summed E-state index contributed by atoms with van der Waals surface area (Å²) in [5.41, 5.74) is 0.609. The molecule has 1 atom stereocenters. The molecule has 0 bridgehead atoms. The average molecular weight is 246 g/mol. The Morgan fingerprint density at radius 2 is 2.19 bits per heavy atom. The van der Waals surface area contributed by atoms with E-state index in [2.05, 4.69) is 10.3 Å². The van der Waals surface area contributed by atoms with Crippen LogP contribution in [0.25, 0.3) is 0 Å². The fraction of sp³-hybridized carbons (Fsp3) is 0.750. The second kappa shape index (κ2) is 3.79. The first-order valence-electron chi connectivity index (χ1n) is 4.87. The smallest absolute Gasteiger partial charge is 0.211 e. The van der Waals surface area contributed by atoms with E-state index in [1.54, 1.807) is 7.05 Å². The Kier molecular flexibility index (Phi) is 2.72. The molecule has 0 aromatic carbocycles. The minimum Gasteiger partial charge on any atom is -0.386 e. The Morgan fingerprint density at radius 3 is 2.62 bits per heavy atom. The van der Waals surface area contributed by atoms with Gasteiger partial charge in [0.15, 0.2) is 0 Å². The van der Waals surface area contributed by atoms with Gasteiger partial charge in [0.05, 0.1) is 18.1 Å². The van der Waals surface area contributed by atoms with Crippen molar-refractivity contribution in [3.05, 3.63) is 11.9 Å². The van der Waals surface area contributed by atoms with E-state index >= 15 is 0 Å². The quantitative estimate of drug-likeness (QED) is 0.719. The van der Waals surface area contributed by atoms with Crippen molar-refractivity contribution in [2.24, 2.45) is 13.0 Å². The van der Waals surface area contributed by atoms with E-state index in [0.29, 0.717) is 18.8 Å². The van der Waals surface area contributed by atoms with Gasteiger partial charge in [-0.2, -0.15) is 0 Å². The summed E-state index contributed by atoms with van der Waals surface area (Å²) >= 11 is 0. The maximum absolute atomic E-state index is 11.1. The Hall–Kier alpha value is -0.990. The average Bonchev–Trinajstić information content (AvgIpc) is 2.45. The molecule has 0 radical (unpaired) electrons. The van der Waals surface area contributed by atoms with Gasteiger partial charge in [-0.15, -0.1) is 5.10 Å². The van der Waals surface area contributed by atoms with Crippen LogP contribution in [-0.4, -0.2) is 52.2 Å². The lowest BCUT2D eigenvalue weighted by Gasteiger charge is -2.39. The molecule has 1 unspecified atom stereocenters. The molecule has 1 aliphatic rings. The van der Waals surface area contributed by atoms with Gasteiger partial charge in [-0.1, -0.05) is 5.21 Å². The summed E-state index contributed by atoms with van der Waals surface area (Å²) in [7, 11) is -1.43. The van der Waals surface area contributed by atoms with Crippen molar-refractivity contribution in [2.75, 3.05) is 19.3 Å². The molecule has 7 nitrogen and oxygen atoms in total. The lowest BCUT2D eigenvalue weighted by molar-refractivity contribution is 0.0312. The van der Waals surface area contributed by atoms with E-state index < -0.39 is 16.1 Å². The highest BCUT2D eigenvalue weighted by Crippen LogP contribution is 2.30. The SMILES string of the molecule is Cn1nncc1C(O)C1CN(S(C)(=O)=O)C1. The number of aromatic nitrogens is 3. The van der Waals surface area contributed by atoms with Gasteiger partial charge >= 0.3 is 0 Å². The van der Waals surface area contributed by atoms with Crippen LogP contribution < -0.4 is 0 Å². The van der Waals surface area contributed by atoms with Crippen LogP contribution in [0.4, 0.5) is 0 Å². The molecule has 1 N–H and O–H groups in total. The third-order valence-corrected chi connectivity index (χ3v) is 4.08. The van der Waals surface area contributed by atoms with Gasteiger partial charge in [-0.25, -0.2) is 17.4 Å². The molecule has 90 valence electrons. The minimum atomic E-state index is -3.13. The van der Waals surface area contributed by atoms with E-state index in [-0.39, 0.29) is 5.92 Å². The molecule has 0 amide bonds. The maximum Gasteiger partial charge on any atom is 0.211 e. The first kappa shape index (κ1) is 11.5. The zero-order valence-electron chi connectivity index (χ0n) is 9.11. The molecule has 0 spiro atoms. The van der Waals surface area contributed by atoms with Crippen molar-refractivity contribution >= 4 is 10.0 Å². The van der Waals surface area contributed by atoms with Crippen LogP contribution in [0, 0.1) is 5.92 Å². The minimum absolute atomic E-state index is 0.0769. The maximum atomic E-state index is 11.1. The Balaban J connectivity index is 2.01. The molecule has 1 fully saturated rings. The molecule has 1 aromatic rings. The topological polar surface area (TPSA) is 88.3 Å². The molecule has 1 aliphatic heterocycles. The number of hydrogen-bond donors (Lipinski definition) is 1. The van der Waals surface area contributed by atoms with E-state index in [0.717, 1.165) is 0 Å². The van der Waals surface area contributed by atoms with Crippen LogP contribution in [0.1, 0.15) is 11.8 Å². The van der Waals surface area contributed by atoms with Gasteiger partial charge in [0.2, 0.25) is 10.0 Å². The number of aliphatic hydroxyl groups is 1. The molecular formula is C8H14N4O3S. The Bertz CT molecular complexity index is 477. The van der Waals surface area contributed by atoms with Crippen molar-refractivity contribution in [3.8, 4) is 0 Å². The molecular weight excluding hydrogens is 232 g/mol. The van der Waals surface area contributed by atoms with Crippen molar-refractivity contribution in [2.45, 2.75) is 6.10 Å². The van der Waals surface area contributed by atoms with Gasteiger partial charge in [0, 0.05) is 26.1 Å². The number of aryl methyl sites for hydroxylation is 1. The summed E-state index contributed by atoms with van der Waals surface area (Å²) in [6, 6.07) is 0. The zero-order valence-corrected chi connectivity index (χ0v) is 9.92. The highest BCUT2D eigenvalue weighted by molar-refractivity contribution is 7.88. The fourth-order valence-corrected chi connectivity index (χ4v) is 2.67. The second-order valence-electron chi connectivity index (χ2n) is 4.07. The van der Waals surface area contributed by atoms with Gasteiger partial charge in [-0.05, 0) is 0 Å².